The van der Waals surface area contributed by atoms with Gasteiger partial charge in [-0.05, 0) is 30.7 Å². The van der Waals surface area contributed by atoms with Crippen molar-refractivity contribution in [3.05, 3.63) is 47.9 Å². The highest BCUT2D eigenvalue weighted by atomic mass is 16.1. The van der Waals surface area contributed by atoms with Crippen molar-refractivity contribution in [1.82, 2.24) is 36.1 Å². The molecule has 3 N–H and O–H groups in total. The van der Waals surface area contributed by atoms with Gasteiger partial charge in [0.2, 0.25) is 0 Å². The molecule has 2 heterocycles. The fourth-order valence-electron chi connectivity index (χ4n) is 1.92. The van der Waals surface area contributed by atoms with Crippen LogP contribution in [0.1, 0.15) is 29.1 Å². The molecule has 1 atom stereocenters. The molecule has 0 aliphatic carbocycles. The minimum absolute atomic E-state index is 0.191. The van der Waals surface area contributed by atoms with E-state index in [0.717, 1.165) is 11.3 Å². The molecule has 3 aromatic rings. The van der Waals surface area contributed by atoms with Gasteiger partial charge >= 0.3 is 0 Å². The number of H-pyrrole nitrogens is 2. The molecule has 106 valence electrons. The molecule has 0 saturated carbocycles. The summed E-state index contributed by atoms with van der Waals surface area (Å²) in [5.74, 6) is 0.251. The lowest BCUT2D eigenvalue weighted by molar-refractivity contribution is 0.0938. The third-order valence-electron chi connectivity index (χ3n) is 3.06. The Bertz CT molecular complexity index is 704. The molecule has 0 aliphatic heterocycles. The first kappa shape index (κ1) is 13.0. The normalized spacial score (nSPS) is 12.0. The van der Waals surface area contributed by atoms with Crippen LogP contribution in [0.3, 0.4) is 0 Å². The van der Waals surface area contributed by atoms with Gasteiger partial charge in [0.25, 0.3) is 5.91 Å². The topological polar surface area (TPSA) is 112 Å². The molecule has 0 aliphatic rings. The van der Waals surface area contributed by atoms with Crippen molar-refractivity contribution in [2.24, 2.45) is 0 Å². The number of tetrazole rings is 1. The second-order valence-corrected chi connectivity index (χ2v) is 4.51. The Kier molecular flexibility index (Phi) is 3.42. The second kappa shape index (κ2) is 5.53. The number of nitrogens with zero attached hydrogens (tertiary/aromatic N) is 4. The van der Waals surface area contributed by atoms with Crippen molar-refractivity contribution < 1.29 is 4.79 Å². The average molecular weight is 283 g/mol. The minimum atomic E-state index is -0.316. The number of amides is 1. The van der Waals surface area contributed by atoms with Gasteiger partial charge in [-0.15, -0.1) is 10.2 Å². The summed E-state index contributed by atoms with van der Waals surface area (Å²) in [6, 6.07) is 8.79. The zero-order chi connectivity index (χ0) is 14.7. The van der Waals surface area contributed by atoms with E-state index < -0.39 is 0 Å². The van der Waals surface area contributed by atoms with Crippen LogP contribution >= 0.6 is 0 Å². The summed E-state index contributed by atoms with van der Waals surface area (Å²) in [7, 11) is 0. The van der Waals surface area contributed by atoms with E-state index in [2.05, 4.69) is 36.1 Å². The Morgan fingerprint density at radius 1 is 1.24 bits per heavy atom. The molecule has 3 rings (SSSR count). The van der Waals surface area contributed by atoms with Gasteiger partial charge in [-0.25, -0.2) is 0 Å². The summed E-state index contributed by atoms with van der Waals surface area (Å²) >= 11 is 0. The number of aromatic nitrogens is 6. The van der Waals surface area contributed by atoms with Crippen molar-refractivity contribution in [2.45, 2.75) is 13.0 Å². The van der Waals surface area contributed by atoms with E-state index in [1.165, 1.54) is 0 Å². The Hall–Kier alpha value is -3.03. The molecule has 0 fully saturated rings. The second-order valence-electron chi connectivity index (χ2n) is 4.51. The zero-order valence-electron chi connectivity index (χ0n) is 11.2. The monoisotopic (exact) mass is 283 g/mol. The Balaban J connectivity index is 1.70. The molecular formula is C13H13N7O. The van der Waals surface area contributed by atoms with Gasteiger partial charge in [-0.3, -0.25) is 9.89 Å². The first-order valence-corrected chi connectivity index (χ1v) is 6.38. The van der Waals surface area contributed by atoms with Gasteiger partial charge in [0, 0.05) is 11.8 Å². The van der Waals surface area contributed by atoms with E-state index in [1.807, 2.05) is 18.2 Å². The van der Waals surface area contributed by atoms with Gasteiger partial charge < -0.3 is 5.32 Å². The third-order valence-corrected chi connectivity index (χ3v) is 3.06. The highest BCUT2D eigenvalue weighted by Crippen LogP contribution is 2.17. The van der Waals surface area contributed by atoms with Gasteiger partial charge in [0.15, 0.2) is 5.82 Å². The van der Waals surface area contributed by atoms with Crippen molar-refractivity contribution in [1.29, 1.82) is 0 Å². The predicted octanol–water partition coefficient (Wildman–Crippen LogP) is 1.08. The molecule has 8 heteroatoms. The van der Waals surface area contributed by atoms with Gasteiger partial charge in [-0.2, -0.15) is 10.3 Å². The minimum Gasteiger partial charge on any atom is -0.342 e. The van der Waals surface area contributed by atoms with Crippen molar-refractivity contribution in [3.8, 4) is 11.3 Å². The van der Waals surface area contributed by atoms with Crippen LogP contribution in [-0.2, 0) is 0 Å². The lowest BCUT2D eigenvalue weighted by Gasteiger charge is -2.10. The summed E-state index contributed by atoms with van der Waals surface area (Å²) in [5, 5.41) is 23.1. The number of nitrogens with one attached hydrogen (secondary N) is 3. The molecule has 21 heavy (non-hydrogen) atoms. The van der Waals surface area contributed by atoms with E-state index in [-0.39, 0.29) is 11.9 Å². The standard InChI is InChI=1S/C13H13N7O/c1-8(12-17-19-20-18-12)15-13(21)10-4-2-9(3-5-10)11-6-7-14-16-11/h2-8H,1H3,(H,14,16)(H,15,21)(H,17,18,19,20)/t8-/m0/s1. The highest BCUT2D eigenvalue weighted by Gasteiger charge is 2.14. The SMILES string of the molecule is C[C@H](NC(=O)c1ccc(-c2ccn[nH]2)cc1)c1nn[nH]n1. The van der Waals surface area contributed by atoms with Gasteiger partial charge in [-0.1, -0.05) is 17.3 Å². The maximum atomic E-state index is 12.1. The van der Waals surface area contributed by atoms with Crippen LogP contribution in [-0.4, -0.2) is 36.7 Å². The Morgan fingerprint density at radius 3 is 2.67 bits per heavy atom. The maximum Gasteiger partial charge on any atom is 0.251 e. The first-order chi connectivity index (χ1) is 10.2. The number of carbonyl (C=O) groups is 1. The summed E-state index contributed by atoms with van der Waals surface area (Å²) in [6.07, 6.45) is 1.68. The largest absolute Gasteiger partial charge is 0.342 e. The third kappa shape index (κ3) is 2.78. The smallest absolute Gasteiger partial charge is 0.251 e. The van der Waals surface area contributed by atoms with Crippen LogP contribution in [0, 0.1) is 0 Å². The lowest BCUT2D eigenvalue weighted by atomic mass is 10.1. The number of hydrogen-bond acceptors (Lipinski definition) is 5. The molecule has 0 radical (unpaired) electrons. The van der Waals surface area contributed by atoms with Crippen LogP contribution in [0.4, 0.5) is 0 Å². The number of benzene rings is 1. The summed E-state index contributed by atoms with van der Waals surface area (Å²) < 4.78 is 0. The molecule has 0 bridgehead atoms. The van der Waals surface area contributed by atoms with Gasteiger partial charge in [0.1, 0.15) is 0 Å². The molecule has 0 unspecified atom stereocenters. The molecule has 0 spiro atoms. The first-order valence-electron chi connectivity index (χ1n) is 6.38. The molecule has 2 aromatic heterocycles. The number of aromatic amines is 2. The highest BCUT2D eigenvalue weighted by molar-refractivity contribution is 5.94. The average Bonchev–Trinajstić information content (AvgIpc) is 3.20. The zero-order valence-corrected chi connectivity index (χ0v) is 11.2. The van der Waals surface area contributed by atoms with Crippen LogP contribution in [0.25, 0.3) is 11.3 Å². The Morgan fingerprint density at radius 2 is 2.05 bits per heavy atom. The van der Waals surface area contributed by atoms with E-state index in [1.54, 1.807) is 25.3 Å². The van der Waals surface area contributed by atoms with E-state index in [0.29, 0.717) is 11.4 Å². The maximum absolute atomic E-state index is 12.1. The van der Waals surface area contributed by atoms with E-state index >= 15 is 0 Å². The van der Waals surface area contributed by atoms with Crippen LogP contribution < -0.4 is 5.32 Å². The molecule has 1 aromatic carbocycles. The van der Waals surface area contributed by atoms with Crippen molar-refractivity contribution in [3.63, 3.8) is 0 Å². The van der Waals surface area contributed by atoms with E-state index in [9.17, 15) is 4.79 Å². The van der Waals surface area contributed by atoms with Crippen molar-refractivity contribution >= 4 is 5.91 Å². The fourth-order valence-corrected chi connectivity index (χ4v) is 1.92. The lowest BCUT2D eigenvalue weighted by Crippen LogP contribution is -2.27. The summed E-state index contributed by atoms with van der Waals surface area (Å²) in [6.45, 7) is 1.79. The van der Waals surface area contributed by atoms with Gasteiger partial charge in [0.05, 0.1) is 11.7 Å². The summed E-state index contributed by atoms with van der Waals surface area (Å²) in [4.78, 5) is 12.1. The van der Waals surface area contributed by atoms with Crippen molar-refractivity contribution in [2.75, 3.05) is 0 Å². The Labute approximate surface area is 120 Å². The van der Waals surface area contributed by atoms with Crippen LogP contribution in [0.5, 0.6) is 0 Å². The summed E-state index contributed by atoms with van der Waals surface area (Å²) in [5.41, 5.74) is 2.44. The van der Waals surface area contributed by atoms with Crippen LogP contribution in [0.2, 0.25) is 0 Å². The predicted molar refractivity (Wildman–Crippen MR) is 74.1 cm³/mol. The van der Waals surface area contributed by atoms with Crippen LogP contribution in [0.15, 0.2) is 36.5 Å². The number of rotatable bonds is 4. The fraction of sp³-hybridized carbons (Fsp3) is 0.154. The number of hydrogen-bond donors (Lipinski definition) is 3. The molecular weight excluding hydrogens is 270 g/mol. The molecule has 8 nitrogen and oxygen atoms in total. The number of carbonyl (C=O) groups excluding carboxylic acids is 1. The molecule has 1 amide bonds. The quantitative estimate of drug-likeness (QED) is 0.663. The molecule has 0 saturated heterocycles. The van der Waals surface area contributed by atoms with E-state index in [4.69, 9.17) is 0 Å².